The minimum Gasteiger partial charge on any atom is -0.247 e. The molecule has 0 fully saturated rings. The van der Waals surface area contributed by atoms with Gasteiger partial charge in [0.05, 0.1) is 21.6 Å². The molecule has 1 atom stereocenters. The van der Waals surface area contributed by atoms with E-state index in [-0.39, 0.29) is 10.9 Å². The van der Waals surface area contributed by atoms with E-state index in [0.29, 0.717) is 5.33 Å². The molecule has 0 aliphatic rings. The van der Waals surface area contributed by atoms with Crippen molar-refractivity contribution in [2.75, 3.05) is 0 Å². The number of thiazole rings is 1. The zero-order chi connectivity index (χ0) is 15.6. The number of rotatable bonds is 5. The number of sulfonamides is 1. The number of aromatic nitrogens is 1. The van der Waals surface area contributed by atoms with Crippen molar-refractivity contribution < 1.29 is 8.42 Å². The largest absolute Gasteiger partial charge is 0.247 e. The lowest BCUT2D eigenvalue weighted by Gasteiger charge is -2.13. The minimum atomic E-state index is -3.53. The smallest absolute Gasteiger partial charge is 0.241 e. The summed E-state index contributed by atoms with van der Waals surface area (Å²) in [5, 5.41) is 1.64. The second-order valence-electron chi connectivity index (χ2n) is 4.80. The average Bonchev–Trinajstić information content (AvgIpc) is 2.77. The number of hydrogen-bond acceptors (Lipinski definition) is 4. The number of alkyl halides is 1. The van der Waals surface area contributed by atoms with Crippen molar-refractivity contribution in [3.05, 3.63) is 45.4 Å². The van der Waals surface area contributed by atoms with Gasteiger partial charge in [0.2, 0.25) is 10.0 Å². The number of nitrogens with zero attached hydrogens (tertiary/aromatic N) is 1. The van der Waals surface area contributed by atoms with E-state index in [0.717, 1.165) is 21.1 Å². The Kier molecular flexibility index (Phi) is 5.19. The fourth-order valence-corrected chi connectivity index (χ4v) is 4.65. The highest BCUT2D eigenvalue weighted by Crippen LogP contribution is 2.26. The Hall–Kier alpha value is -0.760. The van der Waals surface area contributed by atoms with Crippen LogP contribution in [0.4, 0.5) is 0 Å². The molecule has 114 valence electrons. The normalized spacial score (nSPS) is 13.3. The summed E-state index contributed by atoms with van der Waals surface area (Å²) in [5.74, 6) is 0. The van der Waals surface area contributed by atoms with Gasteiger partial charge in [-0.05, 0) is 38.5 Å². The first-order valence-corrected chi connectivity index (χ1v) is 9.87. The molecule has 0 saturated carbocycles. The molecule has 2 rings (SSSR count). The van der Waals surface area contributed by atoms with Gasteiger partial charge in [-0.15, -0.1) is 11.3 Å². The van der Waals surface area contributed by atoms with Crippen LogP contribution in [0.2, 0.25) is 0 Å². The minimum absolute atomic E-state index is 0.276. The Morgan fingerprint density at radius 1 is 1.29 bits per heavy atom. The molecule has 0 bridgehead atoms. The standard InChI is InChI=1S/C14H17BrN2O2S2/c1-9-14(20-11(3)16-9)10(2)17-21(18,19)13-6-4-12(8-15)5-7-13/h4-7,10,17H,8H2,1-3H3. The summed E-state index contributed by atoms with van der Waals surface area (Å²) in [4.78, 5) is 5.56. The van der Waals surface area contributed by atoms with Crippen molar-refractivity contribution in [1.82, 2.24) is 9.71 Å². The van der Waals surface area contributed by atoms with Crippen LogP contribution in [-0.2, 0) is 15.4 Å². The summed E-state index contributed by atoms with van der Waals surface area (Å²) in [6, 6.07) is 6.55. The van der Waals surface area contributed by atoms with Gasteiger partial charge in [-0.25, -0.2) is 18.1 Å². The number of halogens is 1. The zero-order valence-corrected chi connectivity index (χ0v) is 15.3. The average molecular weight is 389 g/mol. The van der Waals surface area contributed by atoms with Crippen LogP contribution in [-0.4, -0.2) is 13.4 Å². The maximum Gasteiger partial charge on any atom is 0.241 e. The van der Waals surface area contributed by atoms with Crippen LogP contribution in [0.15, 0.2) is 29.2 Å². The van der Waals surface area contributed by atoms with Gasteiger partial charge in [0.25, 0.3) is 0 Å². The van der Waals surface area contributed by atoms with Crippen LogP contribution in [0.5, 0.6) is 0 Å². The maximum absolute atomic E-state index is 12.4. The lowest BCUT2D eigenvalue weighted by Crippen LogP contribution is -2.26. The number of hydrogen-bond donors (Lipinski definition) is 1. The SMILES string of the molecule is Cc1nc(C)c(C(C)NS(=O)(=O)c2ccc(CBr)cc2)s1. The Bertz CT molecular complexity index is 724. The molecule has 21 heavy (non-hydrogen) atoms. The first kappa shape index (κ1) is 16.6. The fraction of sp³-hybridized carbons (Fsp3) is 0.357. The second kappa shape index (κ2) is 6.56. The van der Waals surface area contributed by atoms with Gasteiger partial charge in [0, 0.05) is 10.2 Å². The van der Waals surface area contributed by atoms with Gasteiger partial charge in [0.1, 0.15) is 0 Å². The van der Waals surface area contributed by atoms with Crippen molar-refractivity contribution >= 4 is 37.3 Å². The third-order valence-corrected chi connectivity index (χ3v) is 6.51. The number of nitrogens with one attached hydrogen (secondary N) is 1. The molecule has 0 amide bonds. The molecule has 7 heteroatoms. The molecule has 0 aliphatic heterocycles. The van der Waals surface area contributed by atoms with E-state index in [1.807, 2.05) is 20.8 Å². The number of benzene rings is 1. The fourth-order valence-electron chi connectivity index (χ4n) is 2.06. The van der Waals surface area contributed by atoms with Crippen LogP contribution in [0, 0.1) is 13.8 Å². The lowest BCUT2D eigenvalue weighted by molar-refractivity contribution is 0.568. The van der Waals surface area contributed by atoms with Crippen LogP contribution < -0.4 is 4.72 Å². The second-order valence-corrected chi connectivity index (χ2v) is 8.31. The molecule has 1 heterocycles. The Labute approximate surface area is 137 Å². The topological polar surface area (TPSA) is 59.1 Å². The molecule has 2 aromatic rings. The van der Waals surface area contributed by atoms with Gasteiger partial charge in [-0.1, -0.05) is 28.1 Å². The third-order valence-electron chi connectivity index (χ3n) is 3.05. The quantitative estimate of drug-likeness (QED) is 0.794. The highest BCUT2D eigenvalue weighted by molar-refractivity contribution is 9.08. The summed E-state index contributed by atoms with van der Waals surface area (Å²) in [6.45, 7) is 5.65. The van der Waals surface area contributed by atoms with Crippen LogP contribution in [0.3, 0.4) is 0 Å². The van der Waals surface area contributed by atoms with E-state index in [1.54, 1.807) is 24.3 Å². The van der Waals surface area contributed by atoms with E-state index in [1.165, 1.54) is 11.3 Å². The number of aryl methyl sites for hydroxylation is 2. The molecule has 1 aromatic heterocycles. The van der Waals surface area contributed by atoms with E-state index < -0.39 is 10.0 Å². The Morgan fingerprint density at radius 2 is 1.90 bits per heavy atom. The van der Waals surface area contributed by atoms with Crippen molar-refractivity contribution in [3.63, 3.8) is 0 Å². The van der Waals surface area contributed by atoms with E-state index >= 15 is 0 Å². The lowest BCUT2D eigenvalue weighted by atomic mass is 10.2. The Balaban J connectivity index is 2.22. The predicted molar refractivity (Wildman–Crippen MR) is 89.4 cm³/mol. The molecule has 0 aliphatic carbocycles. The Morgan fingerprint density at radius 3 is 2.38 bits per heavy atom. The molecule has 1 unspecified atom stereocenters. The molecule has 0 spiro atoms. The summed E-state index contributed by atoms with van der Waals surface area (Å²) in [6.07, 6.45) is 0. The van der Waals surface area contributed by atoms with E-state index in [2.05, 4.69) is 25.6 Å². The monoisotopic (exact) mass is 388 g/mol. The van der Waals surface area contributed by atoms with Crippen LogP contribution in [0.1, 0.15) is 34.1 Å². The maximum atomic E-state index is 12.4. The molecule has 1 aromatic carbocycles. The molecular weight excluding hydrogens is 372 g/mol. The van der Waals surface area contributed by atoms with E-state index in [9.17, 15) is 8.42 Å². The highest BCUT2D eigenvalue weighted by Gasteiger charge is 2.21. The zero-order valence-electron chi connectivity index (χ0n) is 12.1. The van der Waals surface area contributed by atoms with Gasteiger partial charge in [-0.3, -0.25) is 0 Å². The first-order chi connectivity index (χ1) is 9.83. The van der Waals surface area contributed by atoms with Crippen molar-refractivity contribution in [2.45, 2.75) is 37.0 Å². The van der Waals surface area contributed by atoms with Crippen molar-refractivity contribution in [2.24, 2.45) is 0 Å². The molecule has 0 radical (unpaired) electrons. The summed E-state index contributed by atoms with van der Waals surface area (Å²) in [5.41, 5.74) is 1.92. The summed E-state index contributed by atoms with van der Waals surface area (Å²) >= 11 is 4.86. The predicted octanol–water partition coefficient (Wildman–Crippen LogP) is 3.69. The molecule has 0 saturated heterocycles. The van der Waals surface area contributed by atoms with Crippen molar-refractivity contribution in [3.8, 4) is 0 Å². The van der Waals surface area contributed by atoms with E-state index in [4.69, 9.17) is 0 Å². The molecule has 1 N–H and O–H groups in total. The van der Waals surface area contributed by atoms with Gasteiger partial charge in [0.15, 0.2) is 0 Å². The third kappa shape index (κ3) is 3.91. The van der Waals surface area contributed by atoms with Crippen LogP contribution >= 0.6 is 27.3 Å². The highest BCUT2D eigenvalue weighted by atomic mass is 79.9. The summed E-state index contributed by atoms with van der Waals surface area (Å²) < 4.78 is 27.5. The van der Waals surface area contributed by atoms with Crippen LogP contribution in [0.25, 0.3) is 0 Å². The molecule has 4 nitrogen and oxygen atoms in total. The first-order valence-electron chi connectivity index (χ1n) is 6.44. The van der Waals surface area contributed by atoms with Gasteiger partial charge < -0.3 is 0 Å². The summed E-state index contributed by atoms with van der Waals surface area (Å²) in [7, 11) is -3.53. The molecular formula is C14H17BrN2O2S2. The van der Waals surface area contributed by atoms with Gasteiger partial charge >= 0.3 is 0 Å². The van der Waals surface area contributed by atoms with Crippen molar-refractivity contribution in [1.29, 1.82) is 0 Å². The van der Waals surface area contributed by atoms with Gasteiger partial charge in [-0.2, -0.15) is 0 Å².